The van der Waals surface area contributed by atoms with E-state index in [2.05, 4.69) is 37.9 Å². The van der Waals surface area contributed by atoms with Crippen LogP contribution in [0.5, 0.6) is 0 Å². The largest absolute Gasteiger partial charge is 0.0928 e. The molecule has 0 N–H and O–H groups in total. The molecule has 62 valence electrons. The molecule has 0 saturated heterocycles. The Hall–Kier alpha value is 0.730. The Bertz CT molecular complexity index is 196. The van der Waals surface area contributed by atoms with Gasteiger partial charge in [-0.25, -0.2) is 0 Å². The number of alkyl halides is 1. The molecule has 0 saturated carbocycles. The topological polar surface area (TPSA) is 0 Å². The third-order valence-electron chi connectivity index (χ3n) is 1.72. The van der Waals surface area contributed by atoms with Gasteiger partial charge >= 0.3 is 0 Å². The average molecular weight is 300 g/mol. The van der Waals surface area contributed by atoms with Gasteiger partial charge in [0, 0.05) is 10.4 Å². The van der Waals surface area contributed by atoms with Crippen molar-refractivity contribution in [2.75, 3.05) is 5.33 Å². The quantitative estimate of drug-likeness (QED) is 0.671. The summed E-state index contributed by atoms with van der Waals surface area (Å²) in [6.07, 6.45) is 6.28. The molecule has 0 aromatic rings. The van der Waals surface area contributed by atoms with Crippen molar-refractivity contribution in [3.05, 3.63) is 21.7 Å². The Morgan fingerprint density at radius 3 is 2.91 bits per heavy atom. The molecule has 0 aromatic heterocycles. The fourth-order valence-electron chi connectivity index (χ4n) is 1.06. The number of hydrogen-bond acceptors (Lipinski definition) is 0. The van der Waals surface area contributed by atoms with Crippen molar-refractivity contribution >= 4 is 43.5 Å². The van der Waals surface area contributed by atoms with Crippen molar-refractivity contribution in [3.63, 3.8) is 0 Å². The van der Waals surface area contributed by atoms with Crippen molar-refractivity contribution in [1.82, 2.24) is 0 Å². The molecule has 0 nitrogen and oxygen atoms in total. The Labute approximate surface area is 88.9 Å². The second kappa shape index (κ2) is 4.68. The van der Waals surface area contributed by atoms with Crippen LogP contribution in [0.15, 0.2) is 21.7 Å². The zero-order chi connectivity index (χ0) is 8.27. The molecular weight excluding hydrogens is 291 g/mol. The molecule has 0 aliphatic heterocycles. The minimum atomic E-state index is 0.622. The van der Waals surface area contributed by atoms with E-state index in [0.29, 0.717) is 5.92 Å². The summed E-state index contributed by atoms with van der Waals surface area (Å²) in [4.78, 5) is 0. The van der Waals surface area contributed by atoms with Gasteiger partial charge in [0.1, 0.15) is 0 Å². The van der Waals surface area contributed by atoms with Gasteiger partial charge in [0.15, 0.2) is 0 Å². The normalized spacial score (nSPS) is 24.5. The second-order valence-corrected chi connectivity index (χ2v) is 4.67. The first-order valence-electron chi connectivity index (χ1n) is 3.52. The molecule has 0 spiro atoms. The fraction of sp³-hybridized carbons (Fsp3) is 0.500. The van der Waals surface area contributed by atoms with Crippen LogP contribution in [0, 0.1) is 5.92 Å². The maximum absolute atomic E-state index is 5.82. The summed E-state index contributed by atoms with van der Waals surface area (Å²) in [5.74, 6) is 0.622. The summed E-state index contributed by atoms with van der Waals surface area (Å²) in [5.41, 5.74) is 0. The number of allylic oxidation sites excluding steroid dienone is 4. The minimum Gasteiger partial charge on any atom is -0.0928 e. The van der Waals surface area contributed by atoms with Crippen molar-refractivity contribution in [2.45, 2.75) is 12.8 Å². The predicted molar refractivity (Wildman–Crippen MR) is 57.5 cm³/mol. The standard InChI is InChI=1S/C8H9Br2Cl/c9-4-3-6-1-2-7(11)5-8(6)10/h2,5-6H,1,3-4H2. The lowest BCUT2D eigenvalue weighted by atomic mass is 9.98. The van der Waals surface area contributed by atoms with Crippen LogP contribution in [0.1, 0.15) is 12.8 Å². The third kappa shape index (κ3) is 2.92. The Morgan fingerprint density at radius 2 is 2.36 bits per heavy atom. The van der Waals surface area contributed by atoms with Crippen molar-refractivity contribution < 1.29 is 0 Å². The molecule has 1 atom stereocenters. The van der Waals surface area contributed by atoms with Crippen LogP contribution in [-0.2, 0) is 0 Å². The third-order valence-corrected chi connectivity index (χ3v) is 3.32. The molecule has 0 bridgehead atoms. The molecule has 0 radical (unpaired) electrons. The van der Waals surface area contributed by atoms with Gasteiger partial charge in [-0.2, -0.15) is 0 Å². The SMILES string of the molecule is ClC1=CCC(CCBr)C(Br)=C1. The molecule has 0 fully saturated rings. The smallest absolute Gasteiger partial charge is 0.0374 e. The van der Waals surface area contributed by atoms with E-state index in [4.69, 9.17) is 11.6 Å². The Kier molecular flexibility index (Phi) is 4.18. The van der Waals surface area contributed by atoms with E-state index in [1.165, 1.54) is 4.48 Å². The van der Waals surface area contributed by atoms with Gasteiger partial charge < -0.3 is 0 Å². The van der Waals surface area contributed by atoms with Gasteiger partial charge in [0.2, 0.25) is 0 Å². The lowest BCUT2D eigenvalue weighted by Gasteiger charge is -2.16. The van der Waals surface area contributed by atoms with Gasteiger partial charge in [0.05, 0.1) is 0 Å². The predicted octanol–water partition coefficient (Wildman–Crippen LogP) is 4.19. The summed E-state index contributed by atoms with van der Waals surface area (Å²) >= 11 is 12.8. The Balaban J connectivity index is 2.56. The molecule has 1 aliphatic rings. The lowest BCUT2D eigenvalue weighted by molar-refractivity contribution is 0.632. The van der Waals surface area contributed by atoms with E-state index in [9.17, 15) is 0 Å². The molecule has 0 heterocycles. The first-order chi connectivity index (χ1) is 5.24. The van der Waals surface area contributed by atoms with Crippen LogP contribution in [-0.4, -0.2) is 5.33 Å². The first-order valence-corrected chi connectivity index (χ1v) is 5.82. The van der Waals surface area contributed by atoms with Crippen molar-refractivity contribution in [3.8, 4) is 0 Å². The Morgan fingerprint density at radius 1 is 1.64 bits per heavy atom. The van der Waals surface area contributed by atoms with Crippen LogP contribution in [0.3, 0.4) is 0 Å². The lowest BCUT2D eigenvalue weighted by Crippen LogP contribution is -2.03. The summed E-state index contributed by atoms with van der Waals surface area (Å²) in [7, 11) is 0. The van der Waals surface area contributed by atoms with Gasteiger partial charge in [-0.3, -0.25) is 0 Å². The molecule has 1 rings (SSSR count). The average Bonchev–Trinajstić information content (AvgIpc) is 1.95. The summed E-state index contributed by atoms with van der Waals surface area (Å²) in [6.45, 7) is 0. The van der Waals surface area contributed by atoms with Gasteiger partial charge in [-0.15, -0.1) is 0 Å². The van der Waals surface area contributed by atoms with Gasteiger partial charge in [-0.05, 0) is 29.3 Å². The highest BCUT2D eigenvalue weighted by molar-refractivity contribution is 9.11. The molecular formula is C8H9Br2Cl. The van der Waals surface area contributed by atoms with Crippen LogP contribution < -0.4 is 0 Å². The van der Waals surface area contributed by atoms with Gasteiger partial charge in [0.25, 0.3) is 0 Å². The zero-order valence-corrected chi connectivity index (χ0v) is 9.92. The maximum atomic E-state index is 5.82. The summed E-state index contributed by atoms with van der Waals surface area (Å²) in [6, 6.07) is 0. The van der Waals surface area contributed by atoms with Crippen LogP contribution in [0.2, 0.25) is 0 Å². The van der Waals surface area contributed by atoms with E-state index >= 15 is 0 Å². The molecule has 1 aliphatic carbocycles. The molecule has 11 heavy (non-hydrogen) atoms. The van der Waals surface area contributed by atoms with Crippen LogP contribution in [0.25, 0.3) is 0 Å². The highest BCUT2D eigenvalue weighted by Crippen LogP contribution is 2.32. The van der Waals surface area contributed by atoms with E-state index < -0.39 is 0 Å². The van der Waals surface area contributed by atoms with E-state index in [1.807, 2.05) is 6.08 Å². The van der Waals surface area contributed by atoms with E-state index in [1.54, 1.807) is 0 Å². The monoisotopic (exact) mass is 298 g/mol. The highest BCUT2D eigenvalue weighted by atomic mass is 79.9. The van der Waals surface area contributed by atoms with Gasteiger partial charge in [-0.1, -0.05) is 49.5 Å². The number of hydrogen-bond donors (Lipinski definition) is 0. The van der Waals surface area contributed by atoms with Crippen LogP contribution in [0.4, 0.5) is 0 Å². The minimum absolute atomic E-state index is 0.622. The maximum Gasteiger partial charge on any atom is 0.0374 e. The van der Waals surface area contributed by atoms with Crippen LogP contribution >= 0.6 is 43.5 Å². The second-order valence-electron chi connectivity index (χ2n) is 2.53. The molecule has 0 aromatic carbocycles. The number of rotatable bonds is 2. The van der Waals surface area contributed by atoms with E-state index in [-0.39, 0.29) is 0 Å². The summed E-state index contributed by atoms with van der Waals surface area (Å²) in [5, 5.41) is 1.90. The summed E-state index contributed by atoms with van der Waals surface area (Å²) < 4.78 is 1.23. The zero-order valence-electron chi connectivity index (χ0n) is 5.99. The van der Waals surface area contributed by atoms with Crippen molar-refractivity contribution in [2.24, 2.45) is 5.92 Å². The fourth-order valence-corrected chi connectivity index (χ4v) is 2.62. The van der Waals surface area contributed by atoms with E-state index in [0.717, 1.165) is 23.2 Å². The first kappa shape index (κ1) is 9.82. The highest BCUT2D eigenvalue weighted by Gasteiger charge is 2.13. The molecule has 0 amide bonds. The molecule has 1 unspecified atom stereocenters. The molecule has 3 heteroatoms. The number of halogens is 3. The van der Waals surface area contributed by atoms with Crippen molar-refractivity contribution in [1.29, 1.82) is 0 Å².